The Morgan fingerprint density at radius 3 is 2.36 bits per heavy atom. The Balaban J connectivity index is 1.89. The molecule has 0 amide bonds. The lowest BCUT2D eigenvalue weighted by Gasteiger charge is -2.11. The van der Waals surface area contributed by atoms with Gasteiger partial charge in [-0.05, 0) is 44.5 Å². The Hall–Kier alpha value is -2.75. The largest absolute Gasteiger partial charge is 0.490 e. The van der Waals surface area contributed by atoms with Crippen molar-refractivity contribution in [1.29, 1.82) is 0 Å². The second-order valence-corrected chi connectivity index (χ2v) is 5.85. The molecule has 1 aromatic heterocycles. The molecule has 0 fully saturated rings. The summed E-state index contributed by atoms with van der Waals surface area (Å²) in [6.07, 6.45) is 0.818. The fraction of sp³-hybridized carbons (Fsp3) is 0.286. The first-order valence-corrected chi connectivity index (χ1v) is 8.70. The van der Waals surface area contributed by atoms with E-state index in [1.165, 1.54) is 5.56 Å². The number of nitrogens with one attached hydrogen (secondary N) is 1. The molecule has 0 spiro atoms. The van der Waals surface area contributed by atoms with Gasteiger partial charge < -0.3 is 14.5 Å². The SMILES string of the molecule is CCOc1ccc(-c2nc(Cc3ccccc3)c(C)[nH]2)cc1OCC. The van der Waals surface area contributed by atoms with Crippen molar-refractivity contribution >= 4 is 0 Å². The van der Waals surface area contributed by atoms with Crippen molar-refractivity contribution in [2.45, 2.75) is 27.2 Å². The van der Waals surface area contributed by atoms with E-state index in [0.717, 1.165) is 40.7 Å². The van der Waals surface area contributed by atoms with E-state index in [9.17, 15) is 0 Å². The number of aromatic amines is 1. The molecule has 0 saturated heterocycles. The molecule has 0 radical (unpaired) electrons. The number of hydrogen-bond acceptors (Lipinski definition) is 3. The first-order valence-electron chi connectivity index (χ1n) is 8.70. The molecule has 0 unspecified atom stereocenters. The summed E-state index contributed by atoms with van der Waals surface area (Å²) in [5, 5.41) is 0. The Bertz CT molecular complexity index is 825. The molecule has 3 rings (SSSR count). The van der Waals surface area contributed by atoms with E-state index < -0.39 is 0 Å². The van der Waals surface area contributed by atoms with Crippen molar-refractivity contribution < 1.29 is 9.47 Å². The van der Waals surface area contributed by atoms with Crippen molar-refractivity contribution in [3.63, 3.8) is 0 Å². The van der Waals surface area contributed by atoms with Crippen LogP contribution in [-0.4, -0.2) is 23.2 Å². The van der Waals surface area contributed by atoms with Crippen LogP contribution in [0.25, 0.3) is 11.4 Å². The molecule has 4 nitrogen and oxygen atoms in total. The zero-order valence-corrected chi connectivity index (χ0v) is 15.0. The van der Waals surface area contributed by atoms with Crippen LogP contribution in [0.5, 0.6) is 11.5 Å². The molecule has 0 saturated carbocycles. The summed E-state index contributed by atoms with van der Waals surface area (Å²) in [5.74, 6) is 2.37. The van der Waals surface area contributed by atoms with E-state index in [2.05, 4.69) is 36.2 Å². The number of nitrogens with zero attached hydrogens (tertiary/aromatic N) is 1. The monoisotopic (exact) mass is 336 g/mol. The Labute approximate surface area is 148 Å². The van der Waals surface area contributed by atoms with Gasteiger partial charge in [-0.2, -0.15) is 0 Å². The number of hydrogen-bond donors (Lipinski definition) is 1. The Kier molecular flexibility index (Phi) is 5.39. The number of rotatable bonds is 7. The number of ether oxygens (including phenoxy) is 2. The van der Waals surface area contributed by atoms with Crippen LogP contribution in [0.4, 0.5) is 0 Å². The summed E-state index contributed by atoms with van der Waals surface area (Å²) in [5.41, 5.74) is 4.40. The highest BCUT2D eigenvalue weighted by molar-refractivity contribution is 5.62. The third-order valence-corrected chi connectivity index (χ3v) is 4.02. The number of H-pyrrole nitrogens is 1. The lowest BCUT2D eigenvalue weighted by molar-refractivity contribution is 0.288. The van der Waals surface area contributed by atoms with E-state index in [-0.39, 0.29) is 0 Å². The maximum absolute atomic E-state index is 5.72. The second-order valence-electron chi connectivity index (χ2n) is 5.85. The van der Waals surface area contributed by atoms with Gasteiger partial charge in [-0.25, -0.2) is 4.98 Å². The molecule has 0 aliphatic rings. The zero-order valence-electron chi connectivity index (χ0n) is 15.0. The number of benzene rings is 2. The number of imidazole rings is 1. The van der Waals surface area contributed by atoms with Gasteiger partial charge in [0.25, 0.3) is 0 Å². The molecule has 3 aromatic rings. The average Bonchev–Trinajstić information content (AvgIpc) is 2.98. The Morgan fingerprint density at radius 2 is 1.64 bits per heavy atom. The molecule has 130 valence electrons. The first-order chi connectivity index (χ1) is 12.2. The van der Waals surface area contributed by atoms with Crippen molar-refractivity contribution in [1.82, 2.24) is 9.97 Å². The van der Waals surface area contributed by atoms with Crippen LogP contribution >= 0.6 is 0 Å². The third kappa shape index (κ3) is 4.02. The van der Waals surface area contributed by atoms with E-state index in [1.54, 1.807) is 0 Å². The van der Waals surface area contributed by atoms with Gasteiger partial charge in [0.05, 0.1) is 18.9 Å². The molecule has 1 N–H and O–H groups in total. The minimum absolute atomic E-state index is 0.597. The van der Waals surface area contributed by atoms with Gasteiger partial charge in [-0.15, -0.1) is 0 Å². The molecule has 4 heteroatoms. The topological polar surface area (TPSA) is 47.1 Å². The maximum Gasteiger partial charge on any atom is 0.161 e. The van der Waals surface area contributed by atoms with E-state index in [0.29, 0.717) is 13.2 Å². The highest BCUT2D eigenvalue weighted by atomic mass is 16.5. The van der Waals surface area contributed by atoms with Gasteiger partial charge in [0.1, 0.15) is 5.82 Å². The molecule has 0 bridgehead atoms. The van der Waals surface area contributed by atoms with Gasteiger partial charge in [0, 0.05) is 17.7 Å². The normalized spacial score (nSPS) is 10.7. The average molecular weight is 336 g/mol. The van der Waals surface area contributed by atoms with Crippen LogP contribution in [-0.2, 0) is 6.42 Å². The van der Waals surface area contributed by atoms with Gasteiger partial charge in [0.15, 0.2) is 11.5 Å². The molecule has 25 heavy (non-hydrogen) atoms. The molecular formula is C21H24N2O2. The minimum Gasteiger partial charge on any atom is -0.490 e. The van der Waals surface area contributed by atoms with Crippen molar-refractivity contribution in [2.75, 3.05) is 13.2 Å². The van der Waals surface area contributed by atoms with Crippen LogP contribution in [0, 0.1) is 6.92 Å². The van der Waals surface area contributed by atoms with Crippen molar-refractivity contribution in [3.05, 3.63) is 65.5 Å². The molecule has 1 heterocycles. The van der Waals surface area contributed by atoms with Crippen LogP contribution in [0.2, 0.25) is 0 Å². The van der Waals surface area contributed by atoms with Gasteiger partial charge in [-0.1, -0.05) is 30.3 Å². The quantitative estimate of drug-likeness (QED) is 0.676. The van der Waals surface area contributed by atoms with Crippen LogP contribution in [0.1, 0.15) is 30.8 Å². The van der Waals surface area contributed by atoms with Gasteiger partial charge >= 0.3 is 0 Å². The van der Waals surface area contributed by atoms with Gasteiger partial charge in [0.2, 0.25) is 0 Å². The third-order valence-electron chi connectivity index (χ3n) is 4.02. The summed E-state index contributed by atoms with van der Waals surface area (Å²) in [6, 6.07) is 16.3. The van der Waals surface area contributed by atoms with E-state index in [1.807, 2.05) is 38.1 Å². The van der Waals surface area contributed by atoms with Gasteiger partial charge in [-0.3, -0.25) is 0 Å². The lowest BCUT2D eigenvalue weighted by Crippen LogP contribution is -1.98. The summed E-state index contributed by atoms with van der Waals surface area (Å²) < 4.78 is 11.4. The first kappa shape index (κ1) is 17.1. The standard InChI is InChI=1S/C21H24N2O2/c1-4-24-19-12-11-17(14-20(19)25-5-2)21-22-15(3)18(23-21)13-16-9-7-6-8-10-16/h6-12,14H,4-5,13H2,1-3H3,(H,22,23). The summed E-state index contributed by atoms with van der Waals surface area (Å²) in [6.45, 7) is 7.21. The fourth-order valence-corrected chi connectivity index (χ4v) is 2.79. The second kappa shape index (κ2) is 7.88. The number of aryl methyl sites for hydroxylation is 1. The van der Waals surface area contributed by atoms with Crippen LogP contribution in [0.15, 0.2) is 48.5 Å². The molecular weight excluding hydrogens is 312 g/mol. The van der Waals surface area contributed by atoms with Crippen LogP contribution in [0.3, 0.4) is 0 Å². The minimum atomic E-state index is 0.597. The highest BCUT2D eigenvalue weighted by Crippen LogP contribution is 2.32. The van der Waals surface area contributed by atoms with Crippen molar-refractivity contribution in [3.8, 4) is 22.9 Å². The Morgan fingerprint density at radius 1 is 0.920 bits per heavy atom. The summed E-state index contributed by atoms with van der Waals surface area (Å²) in [4.78, 5) is 8.19. The van der Waals surface area contributed by atoms with E-state index in [4.69, 9.17) is 14.5 Å². The van der Waals surface area contributed by atoms with Crippen molar-refractivity contribution in [2.24, 2.45) is 0 Å². The smallest absolute Gasteiger partial charge is 0.161 e. The maximum atomic E-state index is 5.72. The molecule has 0 atom stereocenters. The highest BCUT2D eigenvalue weighted by Gasteiger charge is 2.12. The molecule has 0 aliphatic heterocycles. The van der Waals surface area contributed by atoms with E-state index >= 15 is 0 Å². The lowest BCUT2D eigenvalue weighted by atomic mass is 10.1. The predicted molar refractivity (Wildman–Crippen MR) is 100 cm³/mol. The summed E-state index contributed by atoms with van der Waals surface area (Å²) >= 11 is 0. The molecule has 0 aliphatic carbocycles. The zero-order chi connectivity index (χ0) is 17.6. The predicted octanol–water partition coefficient (Wildman–Crippen LogP) is 4.77. The summed E-state index contributed by atoms with van der Waals surface area (Å²) in [7, 11) is 0. The fourth-order valence-electron chi connectivity index (χ4n) is 2.79. The molecule has 2 aromatic carbocycles. The van der Waals surface area contributed by atoms with Crippen LogP contribution < -0.4 is 9.47 Å². The number of aromatic nitrogens is 2.